The van der Waals surface area contributed by atoms with E-state index in [1.807, 2.05) is 0 Å². The SMILES string of the molecule is CC(OP(=O)(O)O)C(OP(=O)(O)O)C(F)(C(F)F)C(F)(F)F. The molecule has 134 valence electrons. The van der Waals surface area contributed by atoms with E-state index >= 15 is 0 Å². The third-order valence-corrected chi connectivity index (χ3v) is 3.26. The molecule has 0 aromatic rings. The van der Waals surface area contributed by atoms with Crippen molar-refractivity contribution in [3.63, 3.8) is 0 Å². The Morgan fingerprint density at radius 1 is 0.909 bits per heavy atom. The van der Waals surface area contributed by atoms with Gasteiger partial charge in [-0.15, -0.1) is 0 Å². The smallest absolute Gasteiger partial charge is 0.303 e. The highest BCUT2D eigenvalue weighted by Gasteiger charge is 2.70. The van der Waals surface area contributed by atoms with E-state index in [1.165, 1.54) is 0 Å². The second-order valence-corrected chi connectivity index (χ2v) is 6.27. The van der Waals surface area contributed by atoms with Gasteiger partial charge in [0.2, 0.25) is 0 Å². The van der Waals surface area contributed by atoms with Gasteiger partial charge in [-0.2, -0.15) is 13.2 Å². The Hall–Kier alpha value is -0.200. The summed E-state index contributed by atoms with van der Waals surface area (Å²) in [6.07, 6.45) is -17.9. The number of rotatable bonds is 7. The average molecular weight is 386 g/mol. The van der Waals surface area contributed by atoms with Crippen molar-refractivity contribution in [2.45, 2.75) is 37.4 Å². The largest absolute Gasteiger partial charge is 0.470 e. The minimum absolute atomic E-state index is 0.252. The van der Waals surface area contributed by atoms with Gasteiger partial charge in [-0.05, 0) is 6.92 Å². The Morgan fingerprint density at radius 3 is 1.50 bits per heavy atom. The summed E-state index contributed by atoms with van der Waals surface area (Å²) in [4.78, 5) is 33.6. The summed E-state index contributed by atoms with van der Waals surface area (Å²) in [5.74, 6) is 0. The zero-order valence-electron chi connectivity index (χ0n) is 10.3. The van der Waals surface area contributed by atoms with Crippen LogP contribution in [-0.4, -0.2) is 50.1 Å². The van der Waals surface area contributed by atoms with Crippen LogP contribution in [0, 0.1) is 0 Å². The average Bonchev–Trinajstić information content (AvgIpc) is 2.18. The van der Waals surface area contributed by atoms with Crippen LogP contribution in [-0.2, 0) is 18.2 Å². The number of hydrogen-bond acceptors (Lipinski definition) is 4. The van der Waals surface area contributed by atoms with E-state index in [-0.39, 0.29) is 6.92 Å². The van der Waals surface area contributed by atoms with Crippen molar-refractivity contribution >= 4 is 15.6 Å². The molecule has 0 radical (unpaired) electrons. The fourth-order valence-corrected chi connectivity index (χ4v) is 2.50. The molecule has 22 heavy (non-hydrogen) atoms. The first kappa shape index (κ1) is 21.8. The standard InChI is InChI=1S/C6H10F6O8P2/c1-2(19-21(13,14)15)3(20-22(16,17)18)5(9,4(7)8)6(10,11)12/h2-4H,1H3,(H2,13,14,15)(H2,16,17,18). The first-order valence-electron chi connectivity index (χ1n) is 4.93. The van der Waals surface area contributed by atoms with Crippen LogP contribution in [0.15, 0.2) is 0 Å². The minimum Gasteiger partial charge on any atom is -0.303 e. The molecule has 16 heteroatoms. The molecule has 3 atom stereocenters. The van der Waals surface area contributed by atoms with Gasteiger partial charge < -0.3 is 19.6 Å². The van der Waals surface area contributed by atoms with Gasteiger partial charge in [-0.3, -0.25) is 9.05 Å². The zero-order chi connectivity index (χ0) is 18.1. The Balaban J connectivity index is 5.93. The van der Waals surface area contributed by atoms with Crippen molar-refractivity contribution in [3.8, 4) is 0 Å². The third kappa shape index (κ3) is 5.78. The fourth-order valence-electron chi connectivity index (χ4n) is 1.33. The quantitative estimate of drug-likeness (QED) is 0.382. The topological polar surface area (TPSA) is 134 Å². The molecule has 0 heterocycles. The van der Waals surface area contributed by atoms with Crippen LogP contribution in [0.3, 0.4) is 0 Å². The summed E-state index contributed by atoms with van der Waals surface area (Å²) >= 11 is 0. The number of phosphoric acid groups is 2. The molecule has 0 rings (SSSR count). The summed E-state index contributed by atoms with van der Waals surface area (Å²) in [5.41, 5.74) is -5.66. The van der Waals surface area contributed by atoms with Gasteiger partial charge in [0.15, 0.2) is 0 Å². The van der Waals surface area contributed by atoms with Gasteiger partial charge in [0, 0.05) is 0 Å². The molecule has 0 saturated carbocycles. The summed E-state index contributed by atoms with van der Waals surface area (Å²) in [6.45, 7) is 0.252. The Morgan fingerprint density at radius 2 is 1.27 bits per heavy atom. The van der Waals surface area contributed by atoms with Gasteiger partial charge in [0.05, 0.1) is 6.10 Å². The molecule has 0 aliphatic heterocycles. The highest BCUT2D eigenvalue weighted by Crippen LogP contribution is 2.51. The highest BCUT2D eigenvalue weighted by atomic mass is 31.2. The maximum Gasteiger partial charge on any atom is 0.470 e. The molecule has 3 unspecified atom stereocenters. The van der Waals surface area contributed by atoms with Gasteiger partial charge in [0.25, 0.3) is 12.1 Å². The van der Waals surface area contributed by atoms with Crippen LogP contribution in [0.4, 0.5) is 26.3 Å². The van der Waals surface area contributed by atoms with E-state index in [9.17, 15) is 35.5 Å². The van der Waals surface area contributed by atoms with Crippen LogP contribution in [0.2, 0.25) is 0 Å². The molecule has 0 aromatic heterocycles. The number of halogens is 6. The van der Waals surface area contributed by atoms with Crippen LogP contribution >= 0.6 is 15.6 Å². The summed E-state index contributed by atoms with van der Waals surface area (Å²) < 4.78 is 104. The normalized spacial score (nSPS) is 19.8. The predicted molar refractivity (Wildman–Crippen MR) is 55.4 cm³/mol. The van der Waals surface area contributed by atoms with Crippen molar-refractivity contribution in [2.75, 3.05) is 0 Å². The molecular weight excluding hydrogens is 376 g/mol. The first-order chi connectivity index (χ1) is 9.42. The molecule has 0 aliphatic carbocycles. The van der Waals surface area contributed by atoms with Gasteiger partial charge >= 0.3 is 21.8 Å². The molecule has 0 amide bonds. The van der Waals surface area contributed by atoms with Crippen LogP contribution < -0.4 is 0 Å². The van der Waals surface area contributed by atoms with E-state index in [1.54, 1.807) is 0 Å². The van der Waals surface area contributed by atoms with E-state index < -0.39 is 46.1 Å². The highest BCUT2D eigenvalue weighted by molar-refractivity contribution is 7.46. The lowest BCUT2D eigenvalue weighted by molar-refractivity contribution is -0.302. The van der Waals surface area contributed by atoms with Crippen molar-refractivity contribution < 1.29 is 64.1 Å². The van der Waals surface area contributed by atoms with E-state index in [2.05, 4.69) is 9.05 Å². The lowest BCUT2D eigenvalue weighted by atomic mass is 9.95. The van der Waals surface area contributed by atoms with Crippen molar-refractivity contribution in [1.29, 1.82) is 0 Å². The van der Waals surface area contributed by atoms with Crippen molar-refractivity contribution in [2.24, 2.45) is 0 Å². The van der Waals surface area contributed by atoms with Gasteiger partial charge in [0.1, 0.15) is 6.10 Å². The Kier molecular flexibility index (Phi) is 6.67. The Labute approximate surface area is 118 Å². The maximum atomic E-state index is 13.8. The molecule has 0 saturated heterocycles. The third-order valence-electron chi connectivity index (χ3n) is 2.15. The number of alkyl halides is 6. The first-order valence-corrected chi connectivity index (χ1v) is 7.99. The van der Waals surface area contributed by atoms with E-state index in [0.717, 1.165) is 0 Å². The molecule has 8 nitrogen and oxygen atoms in total. The molecule has 0 aliphatic rings. The fraction of sp³-hybridized carbons (Fsp3) is 1.00. The number of hydrogen-bond donors (Lipinski definition) is 4. The van der Waals surface area contributed by atoms with Crippen LogP contribution in [0.5, 0.6) is 0 Å². The molecule has 0 spiro atoms. The molecule has 0 bridgehead atoms. The molecule has 0 aromatic carbocycles. The Bertz CT molecular complexity index is 472. The number of phosphoric ester groups is 2. The van der Waals surface area contributed by atoms with Crippen LogP contribution in [0.1, 0.15) is 6.92 Å². The minimum atomic E-state index is -6.40. The second kappa shape index (κ2) is 6.73. The lowest BCUT2D eigenvalue weighted by Gasteiger charge is -2.36. The molecule has 4 N–H and O–H groups in total. The van der Waals surface area contributed by atoms with Crippen molar-refractivity contribution in [3.05, 3.63) is 0 Å². The second-order valence-electron chi connectivity index (χ2n) is 3.88. The summed E-state index contributed by atoms with van der Waals surface area (Å²) in [5, 5.41) is 0. The monoisotopic (exact) mass is 386 g/mol. The van der Waals surface area contributed by atoms with Crippen LogP contribution in [0.25, 0.3) is 0 Å². The van der Waals surface area contributed by atoms with Gasteiger partial charge in [-0.1, -0.05) is 0 Å². The van der Waals surface area contributed by atoms with E-state index in [4.69, 9.17) is 19.6 Å². The maximum absolute atomic E-state index is 13.8. The lowest BCUT2D eigenvalue weighted by Crippen LogP contribution is -2.60. The molecule has 0 fully saturated rings. The van der Waals surface area contributed by atoms with Crippen molar-refractivity contribution in [1.82, 2.24) is 0 Å². The molecular formula is C6H10F6O8P2. The zero-order valence-corrected chi connectivity index (χ0v) is 12.1. The summed E-state index contributed by atoms with van der Waals surface area (Å²) in [7, 11) is -11.6. The predicted octanol–water partition coefficient (Wildman–Crippen LogP) is 1.50. The van der Waals surface area contributed by atoms with Gasteiger partial charge in [-0.25, -0.2) is 22.3 Å². The summed E-state index contributed by atoms with van der Waals surface area (Å²) in [6, 6.07) is 0. The van der Waals surface area contributed by atoms with E-state index in [0.29, 0.717) is 0 Å².